The van der Waals surface area contributed by atoms with Crippen LogP contribution in [0.3, 0.4) is 0 Å². The van der Waals surface area contributed by atoms with E-state index in [0.29, 0.717) is 22.3 Å². The summed E-state index contributed by atoms with van der Waals surface area (Å²) in [5.41, 5.74) is 0.455. The molecule has 122 valence electrons. The Kier molecular flexibility index (Phi) is 5.94. The van der Waals surface area contributed by atoms with E-state index in [-0.39, 0.29) is 11.7 Å². The van der Waals surface area contributed by atoms with Gasteiger partial charge in [0.1, 0.15) is 10.7 Å². The molecule has 1 amide bonds. The lowest BCUT2D eigenvalue weighted by molar-refractivity contribution is -0.113. The molecule has 9 heteroatoms. The summed E-state index contributed by atoms with van der Waals surface area (Å²) in [6.45, 7) is 6.11. The second-order valence-corrected chi connectivity index (χ2v) is 6.28. The van der Waals surface area contributed by atoms with Crippen LogP contribution >= 0.6 is 23.1 Å². The zero-order valence-electron chi connectivity index (χ0n) is 12.7. The highest BCUT2D eigenvalue weighted by molar-refractivity contribution is 7.99. The van der Waals surface area contributed by atoms with Crippen LogP contribution in [0.5, 0.6) is 0 Å². The van der Waals surface area contributed by atoms with Crippen molar-refractivity contribution in [1.29, 1.82) is 0 Å². The zero-order chi connectivity index (χ0) is 16.8. The fourth-order valence-corrected chi connectivity index (χ4v) is 3.34. The minimum absolute atomic E-state index is 0.158. The van der Waals surface area contributed by atoms with Gasteiger partial charge in [-0.05, 0) is 18.4 Å². The van der Waals surface area contributed by atoms with Gasteiger partial charge in [0.05, 0.1) is 18.6 Å². The number of hydrogen-bond donors (Lipinski definition) is 1. The number of carbonyl (C=O) groups excluding carboxylic acids is 2. The Hall–Kier alpha value is -2.13. The van der Waals surface area contributed by atoms with Crippen LogP contribution in [-0.4, -0.2) is 39.5 Å². The number of nitrogens with zero attached hydrogens (tertiary/aromatic N) is 3. The SMILES string of the molecule is C=CCn1c(C)nnc1SCC(=O)Nc1ccsc1C(=O)OC. The lowest BCUT2D eigenvalue weighted by Crippen LogP contribution is -2.16. The van der Waals surface area contributed by atoms with Crippen molar-refractivity contribution in [2.45, 2.75) is 18.6 Å². The van der Waals surface area contributed by atoms with Crippen molar-refractivity contribution < 1.29 is 14.3 Å². The van der Waals surface area contributed by atoms with Gasteiger partial charge < -0.3 is 14.6 Å². The summed E-state index contributed by atoms with van der Waals surface area (Å²) >= 11 is 2.49. The van der Waals surface area contributed by atoms with Crippen molar-refractivity contribution in [3.05, 3.63) is 34.8 Å². The largest absolute Gasteiger partial charge is 0.465 e. The van der Waals surface area contributed by atoms with Gasteiger partial charge in [-0.1, -0.05) is 17.8 Å². The van der Waals surface area contributed by atoms with E-state index in [1.807, 2.05) is 11.5 Å². The summed E-state index contributed by atoms with van der Waals surface area (Å²) in [6, 6.07) is 1.67. The van der Waals surface area contributed by atoms with Crippen LogP contribution in [0.1, 0.15) is 15.5 Å². The number of allylic oxidation sites excluding steroid dienone is 1. The summed E-state index contributed by atoms with van der Waals surface area (Å²) in [7, 11) is 1.30. The fraction of sp³-hybridized carbons (Fsp3) is 0.286. The van der Waals surface area contributed by atoms with Crippen molar-refractivity contribution in [3.63, 3.8) is 0 Å². The quantitative estimate of drug-likeness (QED) is 0.468. The molecule has 0 aliphatic carbocycles. The number of hydrogen-bond acceptors (Lipinski definition) is 7. The monoisotopic (exact) mass is 352 g/mol. The van der Waals surface area contributed by atoms with Gasteiger partial charge in [-0.15, -0.1) is 28.1 Å². The molecule has 0 atom stereocenters. The molecule has 0 fully saturated rings. The first-order valence-corrected chi connectivity index (χ1v) is 8.52. The van der Waals surface area contributed by atoms with Crippen molar-refractivity contribution >= 4 is 40.7 Å². The van der Waals surface area contributed by atoms with Gasteiger partial charge >= 0.3 is 5.97 Å². The van der Waals surface area contributed by atoms with Crippen LogP contribution in [-0.2, 0) is 16.1 Å². The summed E-state index contributed by atoms with van der Waals surface area (Å²) in [6.07, 6.45) is 1.74. The molecule has 0 aromatic carbocycles. The third-order valence-corrected chi connectivity index (χ3v) is 4.72. The third kappa shape index (κ3) is 4.20. The number of thioether (sulfide) groups is 1. The van der Waals surface area contributed by atoms with Crippen LogP contribution < -0.4 is 5.32 Å². The maximum absolute atomic E-state index is 12.1. The first-order valence-electron chi connectivity index (χ1n) is 6.66. The molecule has 7 nitrogen and oxygen atoms in total. The summed E-state index contributed by atoms with van der Waals surface area (Å²) < 4.78 is 6.55. The summed E-state index contributed by atoms with van der Waals surface area (Å²) in [5, 5.41) is 13.1. The van der Waals surface area contributed by atoms with Crippen molar-refractivity contribution in [3.8, 4) is 0 Å². The molecule has 0 saturated heterocycles. The molecule has 2 rings (SSSR count). The standard InChI is InChI=1S/C14H16N4O3S2/c1-4-6-18-9(2)16-17-14(18)23-8-11(19)15-10-5-7-22-12(10)13(20)21-3/h4-5,7H,1,6,8H2,2-3H3,(H,15,19). The third-order valence-electron chi connectivity index (χ3n) is 2.86. The van der Waals surface area contributed by atoms with Gasteiger partial charge in [-0.2, -0.15) is 0 Å². The molecule has 1 N–H and O–H groups in total. The van der Waals surface area contributed by atoms with Gasteiger partial charge in [0.15, 0.2) is 5.16 Å². The van der Waals surface area contributed by atoms with Crippen LogP contribution in [0, 0.1) is 6.92 Å². The molecule has 0 radical (unpaired) electrons. The molecular formula is C14H16N4O3S2. The average molecular weight is 352 g/mol. The molecule has 0 bridgehead atoms. The molecule has 2 aromatic rings. The van der Waals surface area contributed by atoms with E-state index in [4.69, 9.17) is 0 Å². The lowest BCUT2D eigenvalue weighted by Gasteiger charge is -2.06. The van der Waals surface area contributed by atoms with Crippen LogP contribution in [0.4, 0.5) is 5.69 Å². The second-order valence-electron chi connectivity index (χ2n) is 4.42. The van der Waals surface area contributed by atoms with E-state index in [1.54, 1.807) is 17.5 Å². The summed E-state index contributed by atoms with van der Waals surface area (Å²) in [5.74, 6) is 0.221. The van der Waals surface area contributed by atoms with Crippen molar-refractivity contribution in [2.75, 3.05) is 18.2 Å². The van der Waals surface area contributed by atoms with E-state index in [9.17, 15) is 9.59 Å². The maximum Gasteiger partial charge on any atom is 0.350 e. The lowest BCUT2D eigenvalue weighted by atomic mass is 10.4. The molecule has 0 unspecified atom stereocenters. The Morgan fingerprint density at radius 2 is 2.30 bits per heavy atom. The molecular weight excluding hydrogens is 336 g/mol. The number of aryl methyl sites for hydroxylation is 1. The van der Waals surface area contributed by atoms with Gasteiger partial charge in [0.2, 0.25) is 5.91 Å². The zero-order valence-corrected chi connectivity index (χ0v) is 14.4. The van der Waals surface area contributed by atoms with Crippen molar-refractivity contribution in [2.24, 2.45) is 0 Å². The molecule has 23 heavy (non-hydrogen) atoms. The number of thiophene rings is 1. The topological polar surface area (TPSA) is 86.1 Å². The van der Waals surface area contributed by atoms with Crippen molar-refractivity contribution in [1.82, 2.24) is 14.8 Å². The van der Waals surface area contributed by atoms with Gasteiger partial charge in [-0.25, -0.2) is 4.79 Å². The minimum atomic E-state index is -0.468. The van der Waals surface area contributed by atoms with E-state index in [0.717, 1.165) is 5.82 Å². The second kappa shape index (κ2) is 7.93. The Morgan fingerprint density at radius 1 is 1.52 bits per heavy atom. The predicted octanol–water partition coefficient (Wildman–Crippen LogP) is 2.35. The number of carbonyl (C=O) groups is 2. The first-order chi connectivity index (χ1) is 11.1. The average Bonchev–Trinajstić information content (AvgIpc) is 3.13. The molecule has 0 aliphatic rings. The molecule has 0 saturated carbocycles. The molecule has 2 heterocycles. The van der Waals surface area contributed by atoms with Gasteiger partial charge in [0.25, 0.3) is 0 Å². The maximum atomic E-state index is 12.1. The number of aromatic nitrogens is 3. The molecule has 0 spiro atoms. The number of esters is 1. The van der Waals surface area contributed by atoms with E-state index >= 15 is 0 Å². The van der Waals surface area contributed by atoms with E-state index < -0.39 is 5.97 Å². The molecule has 2 aromatic heterocycles. The number of nitrogens with one attached hydrogen (secondary N) is 1. The van der Waals surface area contributed by atoms with Gasteiger partial charge in [0, 0.05) is 6.54 Å². The van der Waals surface area contributed by atoms with Gasteiger partial charge in [-0.3, -0.25) is 4.79 Å². The Morgan fingerprint density at radius 3 is 3.00 bits per heavy atom. The van der Waals surface area contributed by atoms with Crippen LogP contribution in [0.2, 0.25) is 0 Å². The minimum Gasteiger partial charge on any atom is -0.465 e. The Bertz CT molecular complexity index is 723. The van der Waals surface area contributed by atoms with E-state index in [1.165, 1.54) is 30.2 Å². The first kappa shape index (κ1) is 17.2. The van der Waals surface area contributed by atoms with Crippen LogP contribution in [0.15, 0.2) is 29.3 Å². The number of rotatable bonds is 7. The highest BCUT2D eigenvalue weighted by Gasteiger charge is 2.16. The van der Waals surface area contributed by atoms with E-state index in [2.05, 4.69) is 26.8 Å². The summed E-state index contributed by atoms with van der Waals surface area (Å²) in [4.78, 5) is 24.0. The number of methoxy groups -OCH3 is 1. The predicted molar refractivity (Wildman–Crippen MR) is 90.0 cm³/mol. The number of amides is 1. The molecule has 0 aliphatic heterocycles. The normalized spacial score (nSPS) is 10.3. The van der Waals surface area contributed by atoms with Crippen LogP contribution in [0.25, 0.3) is 0 Å². The fourth-order valence-electron chi connectivity index (χ4n) is 1.78. The highest BCUT2D eigenvalue weighted by atomic mass is 32.2. The smallest absolute Gasteiger partial charge is 0.350 e. The number of anilines is 1. The number of ether oxygens (including phenoxy) is 1. The Balaban J connectivity index is 1.97. The Labute approximate surface area is 141 Å². The highest BCUT2D eigenvalue weighted by Crippen LogP contribution is 2.24.